The van der Waals surface area contributed by atoms with E-state index >= 15 is 0 Å². The molecule has 0 saturated heterocycles. The normalized spacial score (nSPS) is 13.0. The molecule has 0 spiro atoms. The van der Waals surface area contributed by atoms with E-state index in [2.05, 4.69) is 20.3 Å². The van der Waals surface area contributed by atoms with Gasteiger partial charge in [-0.3, -0.25) is 0 Å². The van der Waals surface area contributed by atoms with Gasteiger partial charge in [0.2, 0.25) is 0 Å². The van der Waals surface area contributed by atoms with Crippen LogP contribution in [0.15, 0.2) is 0 Å². The molecule has 8 heteroatoms. The first-order valence-electron chi connectivity index (χ1n) is 5.36. The van der Waals surface area contributed by atoms with Crippen LogP contribution in [0.3, 0.4) is 0 Å². The van der Waals surface area contributed by atoms with Crippen molar-refractivity contribution in [2.75, 3.05) is 6.61 Å². The Morgan fingerprint density at radius 1 is 1.17 bits per heavy atom. The van der Waals surface area contributed by atoms with Crippen molar-refractivity contribution in [1.29, 1.82) is 0 Å². The molecule has 0 aliphatic carbocycles. The Labute approximate surface area is 108 Å². The minimum absolute atomic E-state index is 0.0430. The van der Waals surface area contributed by atoms with Crippen LogP contribution in [0.1, 0.15) is 30.8 Å². The minimum atomic E-state index is -4.30. The molecule has 1 rings (SSSR count). The van der Waals surface area contributed by atoms with Crippen LogP contribution < -0.4 is 5.32 Å². The van der Waals surface area contributed by atoms with Crippen molar-refractivity contribution in [3.8, 4) is 0 Å². The van der Waals surface area contributed by atoms with Gasteiger partial charge in [0.15, 0.2) is 0 Å². The van der Waals surface area contributed by atoms with Gasteiger partial charge in [0.1, 0.15) is 23.2 Å². The highest BCUT2D eigenvalue weighted by atomic mass is 32.1. The quantitative estimate of drug-likeness (QED) is 0.902. The van der Waals surface area contributed by atoms with Crippen LogP contribution in [0.2, 0.25) is 0 Å². The van der Waals surface area contributed by atoms with Gasteiger partial charge in [-0.25, -0.2) is 0 Å². The summed E-state index contributed by atoms with van der Waals surface area (Å²) in [5.74, 6) is 0. The van der Waals surface area contributed by atoms with E-state index in [9.17, 15) is 13.2 Å². The summed E-state index contributed by atoms with van der Waals surface area (Å²) in [7, 11) is 0. The molecule has 0 amide bonds. The Morgan fingerprint density at radius 3 is 2.33 bits per heavy atom. The van der Waals surface area contributed by atoms with Crippen LogP contribution in [0.5, 0.6) is 0 Å². The van der Waals surface area contributed by atoms with Gasteiger partial charge in [0.25, 0.3) is 0 Å². The average Bonchev–Trinajstić information content (AvgIpc) is 2.60. The van der Waals surface area contributed by atoms with Crippen molar-refractivity contribution >= 4 is 11.3 Å². The second-order valence-electron chi connectivity index (χ2n) is 4.80. The molecule has 1 heterocycles. The van der Waals surface area contributed by atoms with Gasteiger partial charge in [-0.05, 0) is 20.8 Å². The zero-order chi connectivity index (χ0) is 13.8. The van der Waals surface area contributed by atoms with Crippen molar-refractivity contribution in [1.82, 2.24) is 15.5 Å². The van der Waals surface area contributed by atoms with E-state index in [1.165, 1.54) is 11.3 Å². The zero-order valence-corrected chi connectivity index (χ0v) is 11.3. The number of nitrogens with one attached hydrogen (secondary N) is 1. The van der Waals surface area contributed by atoms with Crippen molar-refractivity contribution in [3.63, 3.8) is 0 Å². The fourth-order valence-electron chi connectivity index (χ4n) is 1.01. The predicted octanol–water partition coefficient (Wildman–Crippen LogP) is 2.51. The summed E-state index contributed by atoms with van der Waals surface area (Å²) in [5, 5.41) is 12.1. The highest BCUT2D eigenvalue weighted by Gasteiger charge is 2.27. The molecule has 0 radical (unpaired) electrons. The van der Waals surface area contributed by atoms with Crippen LogP contribution in [-0.4, -0.2) is 28.5 Å². The lowest BCUT2D eigenvalue weighted by atomic mass is 10.1. The lowest BCUT2D eigenvalue weighted by molar-refractivity contribution is -0.176. The summed E-state index contributed by atoms with van der Waals surface area (Å²) in [4.78, 5) is 0. The maximum atomic E-state index is 11.8. The third-order valence-corrected chi connectivity index (χ3v) is 2.67. The van der Waals surface area contributed by atoms with Crippen LogP contribution in [0.25, 0.3) is 0 Å². The Balaban J connectivity index is 2.35. The molecule has 0 unspecified atom stereocenters. The van der Waals surface area contributed by atoms with Gasteiger partial charge in [-0.2, -0.15) is 13.2 Å². The molecule has 1 aromatic heterocycles. The topological polar surface area (TPSA) is 47.0 Å². The Hall–Kier alpha value is -0.730. The fraction of sp³-hybridized carbons (Fsp3) is 0.800. The van der Waals surface area contributed by atoms with Crippen molar-refractivity contribution in [2.24, 2.45) is 0 Å². The first-order chi connectivity index (χ1) is 8.16. The van der Waals surface area contributed by atoms with Gasteiger partial charge in [-0.1, -0.05) is 11.3 Å². The van der Waals surface area contributed by atoms with Gasteiger partial charge < -0.3 is 10.1 Å². The van der Waals surface area contributed by atoms with Crippen molar-refractivity contribution < 1.29 is 17.9 Å². The zero-order valence-electron chi connectivity index (χ0n) is 10.5. The van der Waals surface area contributed by atoms with Crippen LogP contribution in [-0.2, 0) is 17.9 Å². The van der Waals surface area contributed by atoms with Crippen LogP contribution >= 0.6 is 11.3 Å². The maximum Gasteiger partial charge on any atom is 0.411 e. The van der Waals surface area contributed by atoms with E-state index in [0.717, 1.165) is 5.01 Å². The molecule has 0 atom stereocenters. The summed E-state index contributed by atoms with van der Waals surface area (Å²) >= 11 is 1.25. The standard InChI is InChI=1S/C10H16F3N3OS/c1-9(2,3)14-4-7-15-16-8(18-7)5-17-6-10(11,12)13/h14H,4-6H2,1-3H3. The second-order valence-corrected chi connectivity index (χ2v) is 5.95. The molecule has 0 aliphatic heterocycles. The van der Waals surface area contributed by atoms with Crippen LogP contribution in [0, 0.1) is 0 Å². The Kier molecular flexibility index (Phi) is 5.06. The number of rotatable bonds is 5. The highest BCUT2D eigenvalue weighted by molar-refractivity contribution is 7.11. The summed E-state index contributed by atoms with van der Waals surface area (Å²) in [6, 6.07) is 0. The monoisotopic (exact) mass is 283 g/mol. The van der Waals surface area contributed by atoms with Gasteiger partial charge in [0.05, 0.1) is 6.54 Å². The molecule has 0 bridgehead atoms. The smallest absolute Gasteiger partial charge is 0.365 e. The summed E-state index contributed by atoms with van der Waals surface area (Å²) in [5.41, 5.74) is -0.0430. The number of alkyl halides is 3. The van der Waals surface area contributed by atoms with E-state index in [1.54, 1.807) is 0 Å². The van der Waals surface area contributed by atoms with Crippen LogP contribution in [0.4, 0.5) is 13.2 Å². The van der Waals surface area contributed by atoms with E-state index in [1.807, 2.05) is 20.8 Å². The molecule has 1 aromatic rings. The molecular formula is C10H16F3N3OS. The number of nitrogens with zero attached hydrogens (tertiary/aromatic N) is 2. The molecule has 1 N–H and O–H groups in total. The maximum absolute atomic E-state index is 11.8. The molecule has 0 saturated carbocycles. The molecular weight excluding hydrogens is 267 g/mol. The number of halogens is 3. The number of ether oxygens (including phenoxy) is 1. The van der Waals surface area contributed by atoms with Crippen molar-refractivity contribution in [2.45, 2.75) is 45.6 Å². The number of hydrogen-bond acceptors (Lipinski definition) is 5. The third kappa shape index (κ3) is 6.87. The highest BCUT2D eigenvalue weighted by Crippen LogP contribution is 2.17. The van der Waals surface area contributed by atoms with Gasteiger partial charge >= 0.3 is 6.18 Å². The fourth-order valence-corrected chi connectivity index (χ4v) is 1.73. The van der Waals surface area contributed by atoms with Crippen molar-refractivity contribution in [3.05, 3.63) is 10.0 Å². The first kappa shape index (κ1) is 15.3. The Morgan fingerprint density at radius 2 is 1.78 bits per heavy atom. The van der Waals surface area contributed by atoms with Gasteiger partial charge in [-0.15, -0.1) is 10.2 Å². The van der Waals surface area contributed by atoms with Gasteiger partial charge in [0, 0.05) is 5.54 Å². The third-order valence-electron chi connectivity index (χ3n) is 1.77. The lowest BCUT2D eigenvalue weighted by Gasteiger charge is -2.19. The van der Waals surface area contributed by atoms with E-state index in [-0.39, 0.29) is 12.1 Å². The van der Waals surface area contributed by atoms with E-state index in [0.29, 0.717) is 11.6 Å². The molecule has 18 heavy (non-hydrogen) atoms. The second kappa shape index (κ2) is 5.94. The predicted molar refractivity (Wildman–Crippen MR) is 62.2 cm³/mol. The molecule has 104 valence electrons. The summed E-state index contributed by atoms with van der Waals surface area (Å²) in [6.07, 6.45) is -4.30. The van der Waals surface area contributed by atoms with E-state index < -0.39 is 12.8 Å². The molecule has 4 nitrogen and oxygen atoms in total. The molecule has 0 aliphatic rings. The Bertz CT molecular complexity index is 373. The number of hydrogen-bond donors (Lipinski definition) is 1. The minimum Gasteiger partial charge on any atom is -0.365 e. The largest absolute Gasteiger partial charge is 0.411 e. The number of aromatic nitrogens is 2. The molecule has 0 aromatic carbocycles. The first-order valence-corrected chi connectivity index (χ1v) is 6.18. The SMILES string of the molecule is CC(C)(C)NCc1nnc(COCC(F)(F)F)s1. The average molecular weight is 283 g/mol. The summed E-state index contributed by atoms with van der Waals surface area (Å²) in [6.45, 7) is 5.17. The summed E-state index contributed by atoms with van der Waals surface area (Å²) < 4.78 is 40.0. The lowest BCUT2D eigenvalue weighted by Crippen LogP contribution is -2.35. The molecule has 0 fully saturated rings. The van der Waals surface area contributed by atoms with E-state index in [4.69, 9.17) is 0 Å².